The summed E-state index contributed by atoms with van der Waals surface area (Å²) in [5, 5.41) is 0. The number of hydrogen-bond donors (Lipinski definition) is 0. The Morgan fingerprint density at radius 3 is 1.25 bits per heavy atom. The largest absolute Gasteiger partial charge is 0 e. The predicted octanol–water partition coefficient (Wildman–Crippen LogP) is 0.0788. The second-order valence-corrected chi connectivity index (χ2v) is 0.627. The van der Waals surface area contributed by atoms with Crippen molar-refractivity contribution in [2.75, 3.05) is 0 Å². The standard InChI is InChI=1S/2FH.K.Pb/h2*1H;;/q;;;+2/p-2. The van der Waals surface area contributed by atoms with Crippen molar-refractivity contribution in [3.63, 3.8) is 0 Å². The van der Waals surface area contributed by atoms with Gasteiger partial charge in [0, 0.05) is 51.4 Å². The van der Waals surface area contributed by atoms with Crippen molar-refractivity contribution in [3.8, 4) is 0 Å². The van der Waals surface area contributed by atoms with Crippen LogP contribution in [0, 0.1) is 0 Å². The Hall–Kier alpha value is 2.42. The zero-order chi connectivity index (χ0) is 2.71. The summed E-state index contributed by atoms with van der Waals surface area (Å²) in [7, 11) is 0. The van der Waals surface area contributed by atoms with Crippen LogP contribution >= 0.6 is 0 Å². The van der Waals surface area contributed by atoms with Crippen LogP contribution in [-0.4, -0.2) is 76.9 Å². The van der Waals surface area contributed by atoms with E-state index in [4.69, 9.17) is 0 Å². The molecule has 0 saturated carbocycles. The molecule has 19 valence electrons. The van der Waals surface area contributed by atoms with Crippen LogP contribution < -0.4 is 0 Å². The van der Waals surface area contributed by atoms with Gasteiger partial charge in [-0.15, -0.1) is 0 Å². The van der Waals surface area contributed by atoms with Crippen LogP contribution in [0.15, 0.2) is 0 Å². The third-order valence-electron chi connectivity index (χ3n) is 0. The van der Waals surface area contributed by atoms with Crippen molar-refractivity contribution in [3.05, 3.63) is 0 Å². The molecule has 0 aromatic carbocycles. The van der Waals surface area contributed by atoms with E-state index in [-0.39, 0.29) is 51.4 Å². The summed E-state index contributed by atoms with van der Waals surface area (Å²) in [6.45, 7) is 0. The molecule has 0 aliphatic heterocycles. The zero-order valence-corrected chi connectivity index (χ0v) is 9.27. The maximum atomic E-state index is 9.82. The van der Waals surface area contributed by atoms with Crippen molar-refractivity contribution in [2.45, 2.75) is 0 Å². The monoisotopic (exact) mass is 285 g/mol. The van der Waals surface area contributed by atoms with Gasteiger partial charge in [-0.2, -0.15) is 0 Å². The Balaban J connectivity index is 0. The maximum Gasteiger partial charge on any atom is 0 e. The van der Waals surface area contributed by atoms with Crippen molar-refractivity contribution in [1.29, 1.82) is 0 Å². The quantitative estimate of drug-likeness (QED) is 0.553. The molecule has 0 aliphatic rings. The first-order valence-electron chi connectivity index (χ1n) is 0.378. The molecule has 4 heteroatoms. The fraction of sp³-hybridized carbons (Fsp3) is 0. The molecule has 0 aliphatic carbocycles. The fourth-order valence-electron chi connectivity index (χ4n) is 0. The maximum absolute atomic E-state index is 9.82. The van der Waals surface area contributed by atoms with Crippen LogP contribution in [0.5, 0.6) is 0 Å². The molecule has 0 N–H and O–H groups in total. The average molecular weight is 284 g/mol. The van der Waals surface area contributed by atoms with Gasteiger partial charge in [-0.05, 0) is 0 Å². The summed E-state index contributed by atoms with van der Waals surface area (Å²) in [6, 6.07) is 0. The molecule has 0 amide bonds. The van der Waals surface area contributed by atoms with Gasteiger partial charge >= 0.3 is 30.5 Å². The summed E-state index contributed by atoms with van der Waals surface area (Å²) in [6.07, 6.45) is 0. The van der Waals surface area contributed by atoms with Crippen molar-refractivity contribution in [1.82, 2.24) is 0 Å². The first kappa shape index (κ1) is 9.65. The summed E-state index contributed by atoms with van der Waals surface area (Å²) >= 11 is -2.92. The second-order valence-electron chi connectivity index (χ2n) is 0.0714. The van der Waals surface area contributed by atoms with Crippen LogP contribution in [-0.2, 0) is 0 Å². The number of hydrogen-bond acceptors (Lipinski definition) is 0. The Kier molecular flexibility index (Phi) is 21.8. The second kappa shape index (κ2) is 9.05. The van der Waals surface area contributed by atoms with Crippen LogP contribution in [0.25, 0.3) is 0 Å². The summed E-state index contributed by atoms with van der Waals surface area (Å²) < 4.78 is 19.6. The van der Waals surface area contributed by atoms with E-state index in [2.05, 4.69) is 0 Å². The van der Waals surface area contributed by atoms with Gasteiger partial charge in [0.25, 0.3) is 0 Å². The first-order valence-corrected chi connectivity index (χ1v) is 3.32. The van der Waals surface area contributed by atoms with Gasteiger partial charge < -0.3 is 0 Å². The fourth-order valence-corrected chi connectivity index (χ4v) is 0. The minimum atomic E-state index is -2.92. The van der Waals surface area contributed by atoms with Crippen LogP contribution in [0.2, 0.25) is 0 Å². The topological polar surface area (TPSA) is 0 Å². The Morgan fingerprint density at radius 2 is 1.25 bits per heavy atom. The minimum Gasteiger partial charge on any atom is 0 e. The smallest absolute Gasteiger partial charge is 0 e. The summed E-state index contributed by atoms with van der Waals surface area (Å²) in [5.41, 5.74) is 0. The molecule has 0 spiro atoms. The molecule has 0 atom stereocenters. The third-order valence-corrected chi connectivity index (χ3v) is 0. The molecule has 0 rings (SSSR count). The van der Waals surface area contributed by atoms with Gasteiger partial charge in [0.05, 0.1) is 0 Å². The molecule has 0 nitrogen and oxygen atoms in total. The minimum absolute atomic E-state index is 0. The van der Waals surface area contributed by atoms with Crippen molar-refractivity contribution in [2.24, 2.45) is 0 Å². The van der Waals surface area contributed by atoms with Crippen molar-refractivity contribution >= 4 is 76.9 Å². The van der Waals surface area contributed by atoms with E-state index in [9.17, 15) is 5.02 Å². The van der Waals surface area contributed by atoms with E-state index < -0.39 is 25.5 Å². The Bertz CT molecular complexity index is 6.00. The SMILES string of the molecule is [F][Pb][F].[K]. The molecule has 0 unspecified atom stereocenters. The average Bonchev–Trinajstić information content (AvgIpc) is 0.918. The van der Waals surface area contributed by atoms with Crippen LogP contribution in [0.3, 0.4) is 0 Å². The van der Waals surface area contributed by atoms with Gasteiger partial charge in [-0.1, -0.05) is 0 Å². The molecule has 4 heavy (non-hydrogen) atoms. The predicted molar refractivity (Wildman–Crippen MR) is 13.7 cm³/mol. The Morgan fingerprint density at radius 1 is 1.25 bits per heavy atom. The van der Waals surface area contributed by atoms with E-state index in [1.807, 2.05) is 0 Å². The molecule has 0 heterocycles. The molecular weight excluding hydrogens is 284 g/mol. The molecule has 0 saturated heterocycles. The van der Waals surface area contributed by atoms with Gasteiger partial charge in [0.1, 0.15) is 0 Å². The molecule has 3 radical (unpaired) electrons. The Labute approximate surface area is 79.8 Å². The third kappa shape index (κ3) is 8.83. The molecule has 0 fully saturated rings. The molecule has 0 aromatic rings. The molecule has 0 bridgehead atoms. The van der Waals surface area contributed by atoms with E-state index >= 15 is 0 Å². The van der Waals surface area contributed by atoms with Gasteiger partial charge in [0.15, 0.2) is 0 Å². The first-order chi connectivity index (χ1) is 1.41. The van der Waals surface area contributed by atoms with Gasteiger partial charge in [-0.25, -0.2) is 0 Å². The van der Waals surface area contributed by atoms with E-state index in [0.717, 1.165) is 0 Å². The van der Waals surface area contributed by atoms with Gasteiger partial charge in [0.2, 0.25) is 0 Å². The van der Waals surface area contributed by atoms with Crippen LogP contribution in [0.4, 0.5) is 5.02 Å². The van der Waals surface area contributed by atoms with Crippen LogP contribution in [0.1, 0.15) is 0 Å². The number of halogens is 2. The molecular formula is F2KPb. The van der Waals surface area contributed by atoms with E-state index in [1.165, 1.54) is 0 Å². The summed E-state index contributed by atoms with van der Waals surface area (Å²) in [4.78, 5) is 0. The van der Waals surface area contributed by atoms with Crippen molar-refractivity contribution < 1.29 is 5.02 Å². The zero-order valence-electron chi connectivity index (χ0n) is 2.26. The van der Waals surface area contributed by atoms with Gasteiger partial charge in [-0.3, -0.25) is 0 Å². The number of rotatable bonds is 0. The molecule has 0 aromatic heterocycles. The summed E-state index contributed by atoms with van der Waals surface area (Å²) in [5.74, 6) is 0. The normalized spacial score (nSPS) is 4.50. The van der Waals surface area contributed by atoms with E-state index in [1.54, 1.807) is 0 Å². The van der Waals surface area contributed by atoms with E-state index in [0.29, 0.717) is 0 Å².